The number of halogens is 2. The van der Waals surface area contributed by atoms with Gasteiger partial charge in [-0.2, -0.15) is 0 Å². The molecule has 0 N–H and O–H groups in total. The van der Waals surface area contributed by atoms with Crippen molar-refractivity contribution in [3.8, 4) is 0 Å². The van der Waals surface area contributed by atoms with Crippen molar-refractivity contribution in [2.24, 2.45) is 0 Å². The molecule has 0 amide bonds. The van der Waals surface area contributed by atoms with Crippen LogP contribution in [0.5, 0.6) is 0 Å². The summed E-state index contributed by atoms with van der Waals surface area (Å²) in [6.07, 6.45) is 3.44. The van der Waals surface area contributed by atoms with Gasteiger partial charge in [0.25, 0.3) is 0 Å². The Morgan fingerprint density at radius 3 is 2.44 bits per heavy atom. The minimum absolute atomic E-state index is 0.00607. The lowest BCUT2D eigenvalue weighted by Gasteiger charge is -2.08. The lowest BCUT2D eigenvalue weighted by atomic mass is 10.2. The molecule has 0 unspecified atom stereocenters. The molecule has 4 heteroatoms. The Morgan fingerprint density at radius 2 is 1.75 bits per heavy atom. The molecular weight excluding hydrogens is 245 g/mol. The predicted octanol–water partition coefficient (Wildman–Crippen LogP) is 3.20. The Bertz CT molecular complexity index is 543. The van der Waals surface area contributed by atoms with Gasteiger partial charge in [-0.15, -0.1) is 0 Å². The third-order valence-corrected chi connectivity index (χ3v) is 3.10. The molecule has 0 saturated heterocycles. The molecule has 16 heavy (non-hydrogen) atoms. The molecule has 0 fully saturated rings. The summed E-state index contributed by atoms with van der Waals surface area (Å²) in [5.74, 6) is 0. The maximum atomic E-state index is 10.9. The average Bonchev–Trinajstić information content (AvgIpc) is 2.28. The number of pyridine rings is 1. The van der Waals surface area contributed by atoms with Gasteiger partial charge in [-0.1, -0.05) is 35.3 Å². The van der Waals surface area contributed by atoms with E-state index in [9.17, 15) is 4.79 Å². The molecule has 1 aromatic heterocycles. The molecule has 2 nitrogen and oxygen atoms in total. The van der Waals surface area contributed by atoms with Gasteiger partial charge in [0.05, 0.1) is 10.0 Å². The normalized spacial score (nSPS) is 10.4. The highest BCUT2D eigenvalue weighted by Crippen LogP contribution is 2.25. The van der Waals surface area contributed by atoms with E-state index in [-0.39, 0.29) is 5.43 Å². The molecule has 82 valence electrons. The highest BCUT2D eigenvalue weighted by Gasteiger charge is 2.03. The van der Waals surface area contributed by atoms with Crippen LogP contribution in [0, 0.1) is 0 Å². The minimum Gasteiger partial charge on any atom is -0.350 e. The Balaban J connectivity index is 2.30. The zero-order valence-electron chi connectivity index (χ0n) is 8.36. The maximum Gasteiger partial charge on any atom is 0.181 e. The Kier molecular flexibility index (Phi) is 3.32. The number of nitrogens with zero attached hydrogens (tertiary/aromatic N) is 1. The lowest BCUT2D eigenvalue weighted by molar-refractivity contribution is 0.789. The summed E-state index contributed by atoms with van der Waals surface area (Å²) >= 11 is 12.0. The molecule has 0 atom stereocenters. The second-order valence-corrected chi connectivity index (χ2v) is 4.20. The fourth-order valence-corrected chi connectivity index (χ4v) is 1.80. The van der Waals surface area contributed by atoms with E-state index in [0.717, 1.165) is 5.56 Å². The first-order chi connectivity index (χ1) is 7.66. The van der Waals surface area contributed by atoms with Crippen LogP contribution in [-0.4, -0.2) is 4.57 Å². The van der Waals surface area contributed by atoms with E-state index in [4.69, 9.17) is 23.2 Å². The van der Waals surface area contributed by atoms with Crippen LogP contribution in [0.3, 0.4) is 0 Å². The van der Waals surface area contributed by atoms with E-state index in [2.05, 4.69) is 0 Å². The molecule has 0 spiro atoms. The van der Waals surface area contributed by atoms with Gasteiger partial charge in [0.1, 0.15) is 0 Å². The van der Waals surface area contributed by atoms with Crippen LogP contribution in [0.1, 0.15) is 5.56 Å². The van der Waals surface area contributed by atoms with Crippen molar-refractivity contribution in [3.63, 3.8) is 0 Å². The van der Waals surface area contributed by atoms with Gasteiger partial charge < -0.3 is 4.57 Å². The van der Waals surface area contributed by atoms with Crippen molar-refractivity contribution in [2.75, 3.05) is 0 Å². The number of aromatic nitrogens is 1. The van der Waals surface area contributed by atoms with Crippen molar-refractivity contribution >= 4 is 23.2 Å². The molecule has 0 saturated carbocycles. The van der Waals surface area contributed by atoms with Crippen LogP contribution >= 0.6 is 23.2 Å². The summed E-state index contributed by atoms with van der Waals surface area (Å²) < 4.78 is 1.87. The minimum atomic E-state index is -0.00607. The SMILES string of the molecule is O=c1ccn(Cc2cccc(Cl)c2Cl)cc1. The maximum absolute atomic E-state index is 10.9. The summed E-state index contributed by atoms with van der Waals surface area (Å²) in [5.41, 5.74) is 0.922. The summed E-state index contributed by atoms with van der Waals surface area (Å²) in [7, 11) is 0. The van der Waals surface area contributed by atoms with Gasteiger partial charge in [-0.05, 0) is 11.6 Å². The van der Waals surface area contributed by atoms with Crippen molar-refractivity contribution in [1.29, 1.82) is 0 Å². The molecule has 0 aliphatic heterocycles. The van der Waals surface area contributed by atoms with Crippen molar-refractivity contribution in [3.05, 3.63) is 68.6 Å². The average molecular weight is 254 g/mol. The van der Waals surface area contributed by atoms with E-state index in [0.29, 0.717) is 16.6 Å². The van der Waals surface area contributed by atoms with Crippen molar-refractivity contribution in [1.82, 2.24) is 4.57 Å². The second kappa shape index (κ2) is 4.73. The molecule has 0 aliphatic carbocycles. The van der Waals surface area contributed by atoms with Crippen LogP contribution in [0.25, 0.3) is 0 Å². The summed E-state index contributed by atoms with van der Waals surface area (Å²) in [6, 6.07) is 8.54. The molecule has 0 bridgehead atoms. The van der Waals surface area contributed by atoms with Crippen molar-refractivity contribution < 1.29 is 0 Å². The van der Waals surface area contributed by atoms with E-state index in [1.807, 2.05) is 16.7 Å². The molecule has 2 rings (SSSR count). The zero-order valence-corrected chi connectivity index (χ0v) is 9.87. The van der Waals surface area contributed by atoms with Crippen LogP contribution in [0.2, 0.25) is 10.0 Å². The molecular formula is C12H9Cl2NO. The van der Waals surface area contributed by atoms with Crippen molar-refractivity contribution in [2.45, 2.75) is 6.54 Å². The molecule has 2 aromatic rings. The predicted molar refractivity (Wildman–Crippen MR) is 66.3 cm³/mol. The number of rotatable bonds is 2. The van der Waals surface area contributed by atoms with Gasteiger partial charge in [0.2, 0.25) is 0 Å². The summed E-state index contributed by atoms with van der Waals surface area (Å²) in [4.78, 5) is 10.9. The van der Waals surface area contributed by atoms with Gasteiger partial charge >= 0.3 is 0 Å². The van der Waals surface area contributed by atoms with Crippen LogP contribution in [0.15, 0.2) is 47.5 Å². The van der Waals surface area contributed by atoms with Gasteiger partial charge in [0.15, 0.2) is 5.43 Å². The standard InChI is InChI=1S/C12H9Cl2NO/c13-11-3-1-2-9(12(11)14)8-15-6-4-10(16)5-7-15/h1-7H,8H2. The van der Waals surface area contributed by atoms with Crippen LogP contribution in [0.4, 0.5) is 0 Å². The van der Waals surface area contributed by atoms with Gasteiger partial charge in [-0.3, -0.25) is 4.79 Å². The number of benzene rings is 1. The van der Waals surface area contributed by atoms with E-state index >= 15 is 0 Å². The van der Waals surface area contributed by atoms with E-state index < -0.39 is 0 Å². The second-order valence-electron chi connectivity index (χ2n) is 3.42. The quantitative estimate of drug-likeness (QED) is 0.806. The number of hydrogen-bond donors (Lipinski definition) is 0. The molecule has 0 aliphatic rings. The number of hydrogen-bond acceptors (Lipinski definition) is 1. The van der Waals surface area contributed by atoms with Gasteiger partial charge in [0, 0.05) is 31.1 Å². The largest absolute Gasteiger partial charge is 0.350 e. The fourth-order valence-electron chi connectivity index (χ4n) is 1.42. The third kappa shape index (κ3) is 2.46. The Morgan fingerprint density at radius 1 is 1.06 bits per heavy atom. The Hall–Kier alpha value is -1.25. The van der Waals surface area contributed by atoms with E-state index in [1.165, 1.54) is 12.1 Å². The Labute approximate surface area is 103 Å². The van der Waals surface area contributed by atoms with Crippen LogP contribution in [-0.2, 0) is 6.54 Å². The zero-order chi connectivity index (χ0) is 11.5. The molecule has 0 radical (unpaired) electrons. The van der Waals surface area contributed by atoms with E-state index in [1.54, 1.807) is 18.5 Å². The first-order valence-electron chi connectivity index (χ1n) is 4.76. The first kappa shape index (κ1) is 11.2. The topological polar surface area (TPSA) is 22.0 Å². The smallest absolute Gasteiger partial charge is 0.181 e. The molecule has 1 heterocycles. The lowest BCUT2D eigenvalue weighted by Crippen LogP contribution is -2.05. The summed E-state index contributed by atoms with van der Waals surface area (Å²) in [6.45, 7) is 0.597. The first-order valence-corrected chi connectivity index (χ1v) is 5.51. The van der Waals surface area contributed by atoms with Crippen LogP contribution < -0.4 is 5.43 Å². The molecule has 1 aromatic carbocycles. The fraction of sp³-hybridized carbons (Fsp3) is 0.0833. The summed E-state index contributed by atoms with van der Waals surface area (Å²) in [5, 5.41) is 1.10. The monoisotopic (exact) mass is 253 g/mol. The highest BCUT2D eigenvalue weighted by molar-refractivity contribution is 6.42. The third-order valence-electron chi connectivity index (χ3n) is 2.25. The highest BCUT2D eigenvalue weighted by atomic mass is 35.5. The van der Waals surface area contributed by atoms with Gasteiger partial charge in [-0.25, -0.2) is 0 Å².